The van der Waals surface area contributed by atoms with Crippen LogP contribution in [0.4, 0.5) is 5.95 Å². The van der Waals surface area contributed by atoms with Gasteiger partial charge in [0.2, 0.25) is 5.95 Å². The number of rotatable bonds is 4. The summed E-state index contributed by atoms with van der Waals surface area (Å²) in [5, 5.41) is 3.27. The lowest BCUT2D eigenvalue weighted by Gasteiger charge is -2.24. The highest BCUT2D eigenvalue weighted by Gasteiger charge is 2.27. The van der Waals surface area contributed by atoms with Crippen LogP contribution in [0.15, 0.2) is 6.20 Å². The van der Waals surface area contributed by atoms with Crippen LogP contribution in [0.25, 0.3) is 0 Å². The summed E-state index contributed by atoms with van der Waals surface area (Å²) in [6.07, 6.45) is 4.63. The first kappa shape index (κ1) is 13.4. The molecule has 0 amide bonds. The van der Waals surface area contributed by atoms with E-state index in [1.807, 2.05) is 17.7 Å². The number of hydrogen-bond acceptors (Lipinski definition) is 4. The molecule has 1 unspecified atom stereocenters. The highest BCUT2D eigenvalue weighted by Crippen LogP contribution is 2.26. The maximum atomic E-state index is 11.7. The van der Waals surface area contributed by atoms with E-state index in [1.165, 1.54) is 0 Å². The summed E-state index contributed by atoms with van der Waals surface area (Å²) in [5.74, 6) is 1.37. The van der Waals surface area contributed by atoms with Gasteiger partial charge in [-0.05, 0) is 26.2 Å². The van der Waals surface area contributed by atoms with E-state index in [-0.39, 0.29) is 11.8 Å². The Morgan fingerprint density at radius 3 is 3.00 bits per heavy atom. The normalized spacial score (nSPS) is 22.9. The average molecular weight is 271 g/mol. The van der Waals surface area contributed by atoms with Gasteiger partial charge in [0.15, 0.2) is 9.84 Å². The highest BCUT2D eigenvalue weighted by atomic mass is 32.2. The fourth-order valence-electron chi connectivity index (χ4n) is 2.38. The Kier molecular flexibility index (Phi) is 3.94. The summed E-state index contributed by atoms with van der Waals surface area (Å²) >= 11 is 0. The summed E-state index contributed by atoms with van der Waals surface area (Å²) in [7, 11) is -2.88. The van der Waals surface area contributed by atoms with Gasteiger partial charge in [0.1, 0.15) is 0 Å². The van der Waals surface area contributed by atoms with Crippen molar-refractivity contribution in [2.45, 2.75) is 39.2 Å². The van der Waals surface area contributed by atoms with E-state index in [0.29, 0.717) is 5.75 Å². The van der Waals surface area contributed by atoms with Crippen molar-refractivity contribution in [1.82, 2.24) is 9.55 Å². The molecule has 5 nitrogen and oxygen atoms in total. The standard InChI is InChI=1S/C12H21N3O2S/c1-3-6-13-12-14-10(2)8-15(12)11-5-4-7-18(16,17)9-11/h8,11H,3-7,9H2,1-2H3,(H,13,14). The molecule has 1 aromatic rings. The van der Waals surface area contributed by atoms with Crippen molar-refractivity contribution in [3.05, 3.63) is 11.9 Å². The monoisotopic (exact) mass is 271 g/mol. The minimum atomic E-state index is -2.88. The fourth-order valence-corrected chi connectivity index (χ4v) is 4.07. The molecule has 1 saturated heterocycles. The van der Waals surface area contributed by atoms with Crippen molar-refractivity contribution < 1.29 is 8.42 Å². The van der Waals surface area contributed by atoms with Gasteiger partial charge in [-0.15, -0.1) is 0 Å². The van der Waals surface area contributed by atoms with Gasteiger partial charge in [0, 0.05) is 12.7 Å². The number of nitrogens with zero attached hydrogens (tertiary/aromatic N) is 2. The van der Waals surface area contributed by atoms with Gasteiger partial charge < -0.3 is 9.88 Å². The lowest BCUT2D eigenvalue weighted by Crippen LogP contribution is -2.28. The third-order valence-electron chi connectivity index (χ3n) is 3.22. The summed E-state index contributed by atoms with van der Waals surface area (Å²) in [6, 6.07) is 0.0318. The van der Waals surface area contributed by atoms with E-state index in [4.69, 9.17) is 0 Å². The van der Waals surface area contributed by atoms with Crippen molar-refractivity contribution in [2.75, 3.05) is 23.4 Å². The predicted molar refractivity (Wildman–Crippen MR) is 72.7 cm³/mol. The van der Waals surface area contributed by atoms with Crippen LogP contribution in [0.3, 0.4) is 0 Å². The molecule has 1 N–H and O–H groups in total. The van der Waals surface area contributed by atoms with Crippen LogP contribution in [0.2, 0.25) is 0 Å². The molecule has 1 aliphatic heterocycles. The number of aryl methyl sites for hydroxylation is 1. The quantitative estimate of drug-likeness (QED) is 0.906. The van der Waals surface area contributed by atoms with E-state index in [9.17, 15) is 8.42 Å². The Bertz CT molecular complexity index is 507. The average Bonchev–Trinajstić information content (AvgIpc) is 2.66. The van der Waals surface area contributed by atoms with Gasteiger partial charge in [-0.2, -0.15) is 0 Å². The number of hydrogen-bond donors (Lipinski definition) is 1. The van der Waals surface area contributed by atoms with Crippen molar-refractivity contribution in [2.24, 2.45) is 0 Å². The minimum absolute atomic E-state index is 0.0318. The highest BCUT2D eigenvalue weighted by molar-refractivity contribution is 7.91. The molecule has 2 rings (SSSR count). The van der Waals surface area contributed by atoms with Gasteiger partial charge >= 0.3 is 0 Å². The topological polar surface area (TPSA) is 64.0 Å². The Balaban J connectivity index is 2.21. The molecule has 1 fully saturated rings. The summed E-state index contributed by atoms with van der Waals surface area (Å²) < 4.78 is 25.4. The van der Waals surface area contributed by atoms with Crippen molar-refractivity contribution >= 4 is 15.8 Å². The Labute approximate surface area is 109 Å². The molecular formula is C12H21N3O2S. The van der Waals surface area contributed by atoms with Gasteiger partial charge in [0.25, 0.3) is 0 Å². The van der Waals surface area contributed by atoms with Crippen LogP contribution in [0.1, 0.15) is 37.9 Å². The van der Waals surface area contributed by atoms with Crippen LogP contribution < -0.4 is 5.32 Å². The van der Waals surface area contributed by atoms with Gasteiger partial charge in [-0.3, -0.25) is 0 Å². The molecule has 0 saturated carbocycles. The number of nitrogens with one attached hydrogen (secondary N) is 1. The largest absolute Gasteiger partial charge is 0.356 e. The zero-order chi connectivity index (χ0) is 13.2. The molecule has 0 aromatic carbocycles. The molecule has 1 aliphatic rings. The van der Waals surface area contributed by atoms with E-state index in [1.54, 1.807) is 0 Å². The Hall–Kier alpha value is -1.04. The van der Waals surface area contributed by atoms with Crippen LogP contribution in [-0.2, 0) is 9.84 Å². The first-order valence-corrected chi connectivity index (χ1v) is 8.34. The van der Waals surface area contributed by atoms with Crippen LogP contribution in [-0.4, -0.2) is 36.0 Å². The van der Waals surface area contributed by atoms with E-state index in [0.717, 1.165) is 37.4 Å². The van der Waals surface area contributed by atoms with Crippen molar-refractivity contribution in [3.63, 3.8) is 0 Å². The van der Waals surface area contributed by atoms with Gasteiger partial charge in [-0.1, -0.05) is 6.92 Å². The zero-order valence-electron chi connectivity index (χ0n) is 11.0. The van der Waals surface area contributed by atoms with Gasteiger partial charge in [0.05, 0.1) is 23.2 Å². The molecule has 0 aliphatic carbocycles. The number of sulfone groups is 1. The molecule has 0 bridgehead atoms. The molecule has 1 atom stereocenters. The smallest absolute Gasteiger partial charge is 0.203 e. The van der Waals surface area contributed by atoms with Crippen LogP contribution in [0.5, 0.6) is 0 Å². The lowest BCUT2D eigenvalue weighted by atomic mass is 10.2. The van der Waals surface area contributed by atoms with E-state index >= 15 is 0 Å². The second kappa shape index (κ2) is 5.30. The number of anilines is 1. The maximum Gasteiger partial charge on any atom is 0.203 e. The number of imidazole rings is 1. The fraction of sp³-hybridized carbons (Fsp3) is 0.750. The third-order valence-corrected chi connectivity index (χ3v) is 5.02. The maximum absolute atomic E-state index is 11.7. The predicted octanol–water partition coefficient (Wildman–Crippen LogP) is 1.76. The molecule has 102 valence electrons. The second-order valence-corrected chi connectivity index (χ2v) is 7.18. The minimum Gasteiger partial charge on any atom is -0.356 e. The summed E-state index contributed by atoms with van der Waals surface area (Å²) in [4.78, 5) is 4.43. The first-order valence-electron chi connectivity index (χ1n) is 6.51. The lowest BCUT2D eigenvalue weighted by molar-refractivity contribution is 0.473. The first-order chi connectivity index (χ1) is 8.52. The molecule has 2 heterocycles. The third kappa shape index (κ3) is 3.04. The van der Waals surface area contributed by atoms with Crippen LogP contribution >= 0.6 is 0 Å². The van der Waals surface area contributed by atoms with E-state index < -0.39 is 9.84 Å². The van der Waals surface area contributed by atoms with Gasteiger partial charge in [-0.25, -0.2) is 13.4 Å². The van der Waals surface area contributed by atoms with Crippen molar-refractivity contribution in [1.29, 1.82) is 0 Å². The molecule has 1 aromatic heterocycles. The summed E-state index contributed by atoms with van der Waals surface area (Å²) in [5.41, 5.74) is 0.927. The van der Waals surface area contributed by atoms with Crippen LogP contribution in [0, 0.1) is 6.92 Å². The molecular weight excluding hydrogens is 250 g/mol. The van der Waals surface area contributed by atoms with Crippen molar-refractivity contribution in [3.8, 4) is 0 Å². The molecule has 0 radical (unpaired) electrons. The Morgan fingerprint density at radius 2 is 2.33 bits per heavy atom. The Morgan fingerprint density at radius 1 is 1.56 bits per heavy atom. The zero-order valence-corrected chi connectivity index (χ0v) is 11.8. The van der Waals surface area contributed by atoms with E-state index in [2.05, 4.69) is 17.2 Å². The second-order valence-electron chi connectivity index (χ2n) is 4.95. The molecule has 6 heteroatoms. The number of aromatic nitrogens is 2. The molecule has 18 heavy (non-hydrogen) atoms. The summed E-state index contributed by atoms with van der Waals surface area (Å²) in [6.45, 7) is 4.89. The SMILES string of the molecule is CCCNc1nc(C)cn1C1CCCS(=O)(=O)C1. The molecule has 0 spiro atoms.